The number of ether oxygens (including phenoxy) is 1. The number of aliphatic hydroxyl groups is 2. The molecule has 7 rings (SSSR count). The number of carboxylic acid groups (broad SMARTS) is 1. The van der Waals surface area contributed by atoms with E-state index in [0.29, 0.717) is 23.0 Å². The third-order valence-electron chi connectivity index (χ3n) is 11.0. The van der Waals surface area contributed by atoms with Gasteiger partial charge in [0.1, 0.15) is 6.10 Å². The Morgan fingerprint density at radius 3 is 2.05 bits per heavy atom. The standard InChI is InChI=1S/C36H44O6/c1-22(30(37)8-5-13-36-19-23-14-24(20-36)16-25(15-23)21-36)34-29(17-33(39)40)31(38)18-32(34)42-35(41)28-11-9-27(10-12-28)26-6-3-2-4-7-26/h2-4,6-7,9-12,23-25,29,31-32,34,37-38H,5,8,13-21H2,1H3,(H,39,40)/t23?,24?,25?,29-,31-,32+,34+,36?/m0/s1. The lowest BCUT2D eigenvalue weighted by molar-refractivity contribution is -0.139. The Morgan fingerprint density at radius 2 is 1.45 bits per heavy atom. The summed E-state index contributed by atoms with van der Waals surface area (Å²) in [6.07, 6.45) is 9.05. The minimum absolute atomic E-state index is 0.147. The maximum Gasteiger partial charge on any atom is 0.338 e. The number of rotatable bonds is 10. The fraction of sp³-hybridized carbons (Fsp3) is 0.556. The molecule has 2 aromatic carbocycles. The lowest BCUT2D eigenvalue weighted by atomic mass is 9.48. The van der Waals surface area contributed by atoms with Gasteiger partial charge in [-0.25, -0.2) is 4.79 Å². The maximum absolute atomic E-state index is 13.2. The molecule has 6 heteroatoms. The zero-order chi connectivity index (χ0) is 29.4. The fourth-order valence-electron chi connectivity index (χ4n) is 9.51. The number of hydrogen-bond donors (Lipinski definition) is 3. The molecule has 4 atom stereocenters. The number of aliphatic hydroxyl groups excluding tert-OH is 2. The van der Waals surface area contributed by atoms with Gasteiger partial charge in [-0.3, -0.25) is 4.79 Å². The Kier molecular flexibility index (Phi) is 8.19. The van der Waals surface area contributed by atoms with E-state index in [1.54, 1.807) is 12.1 Å². The first-order valence-corrected chi connectivity index (χ1v) is 15.8. The monoisotopic (exact) mass is 572 g/mol. The normalized spacial score (nSPS) is 33.8. The van der Waals surface area contributed by atoms with Crippen molar-refractivity contribution in [1.29, 1.82) is 0 Å². The lowest BCUT2D eigenvalue weighted by Crippen LogP contribution is -2.45. The summed E-state index contributed by atoms with van der Waals surface area (Å²) in [5.74, 6) is 0.219. The summed E-state index contributed by atoms with van der Waals surface area (Å²) in [5, 5.41) is 31.7. The third-order valence-corrected chi connectivity index (χ3v) is 11.0. The molecule has 5 aliphatic rings. The van der Waals surface area contributed by atoms with E-state index in [1.165, 1.54) is 38.5 Å². The average Bonchev–Trinajstić information content (AvgIpc) is 3.25. The molecule has 3 N–H and O–H groups in total. The van der Waals surface area contributed by atoms with Gasteiger partial charge < -0.3 is 20.1 Å². The summed E-state index contributed by atoms with van der Waals surface area (Å²) in [7, 11) is 0. The van der Waals surface area contributed by atoms with E-state index in [9.17, 15) is 24.9 Å². The molecule has 4 bridgehead atoms. The van der Waals surface area contributed by atoms with E-state index in [-0.39, 0.29) is 18.6 Å². The van der Waals surface area contributed by atoms with Crippen LogP contribution in [-0.2, 0) is 9.53 Å². The number of aliphatic carboxylic acids is 1. The number of carboxylic acids is 1. The number of carbonyl (C=O) groups is 2. The van der Waals surface area contributed by atoms with Gasteiger partial charge in [0.15, 0.2) is 0 Å². The molecule has 2 aromatic rings. The van der Waals surface area contributed by atoms with Crippen molar-refractivity contribution in [3.05, 3.63) is 71.5 Å². The number of allylic oxidation sites excluding steroid dienone is 1. The highest BCUT2D eigenvalue weighted by Crippen LogP contribution is 2.61. The van der Waals surface area contributed by atoms with Gasteiger partial charge in [0.2, 0.25) is 0 Å². The van der Waals surface area contributed by atoms with Gasteiger partial charge in [0.25, 0.3) is 0 Å². The van der Waals surface area contributed by atoms with Crippen LogP contribution in [0.5, 0.6) is 0 Å². The zero-order valence-corrected chi connectivity index (χ0v) is 24.6. The summed E-state index contributed by atoms with van der Waals surface area (Å²) >= 11 is 0. The highest BCUT2D eigenvalue weighted by Gasteiger charge is 2.50. The number of esters is 1. The Bertz CT molecular complexity index is 1280. The molecule has 0 radical (unpaired) electrons. The fourth-order valence-corrected chi connectivity index (χ4v) is 9.51. The first kappa shape index (κ1) is 29.0. The summed E-state index contributed by atoms with van der Waals surface area (Å²) in [6, 6.07) is 17.1. The second-order valence-electron chi connectivity index (χ2n) is 13.9. The minimum atomic E-state index is -1.01. The molecular formula is C36H44O6. The van der Waals surface area contributed by atoms with Crippen molar-refractivity contribution in [3.8, 4) is 11.1 Å². The van der Waals surface area contributed by atoms with Gasteiger partial charge in [-0.1, -0.05) is 42.5 Å². The van der Waals surface area contributed by atoms with Gasteiger partial charge in [-0.15, -0.1) is 0 Å². The van der Waals surface area contributed by atoms with E-state index in [4.69, 9.17) is 4.74 Å². The van der Waals surface area contributed by atoms with Crippen LogP contribution >= 0.6 is 0 Å². The zero-order valence-electron chi connectivity index (χ0n) is 24.6. The van der Waals surface area contributed by atoms with Crippen LogP contribution in [0.2, 0.25) is 0 Å². The average molecular weight is 573 g/mol. The van der Waals surface area contributed by atoms with Crippen molar-refractivity contribution in [3.63, 3.8) is 0 Å². The Balaban J connectivity index is 1.14. The second kappa shape index (κ2) is 11.9. The van der Waals surface area contributed by atoms with Gasteiger partial charge in [-0.05, 0) is 110 Å². The van der Waals surface area contributed by atoms with E-state index in [0.717, 1.165) is 41.7 Å². The van der Waals surface area contributed by atoms with Crippen LogP contribution < -0.4 is 0 Å². The first-order chi connectivity index (χ1) is 20.2. The predicted octanol–water partition coefficient (Wildman–Crippen LogP) is 7.57. The van der Waals surface area contributed by atoms with Crippen molar-refractivity contribution in [2.24, 2.45) is 35.0 Å². The molecule has 224 valence electrons. The van der Waals surface area contributed by atoms with Gasteiger partial charge in [-0.2, -0.15) is 0 Å². The van der Waals surface area contributed by atoms with Crippen molar-refractivity contribution >= 4 is 11.9 Å². The predicted molar refractivity (Wildman–Crippen MR) is 161 cm³/mol. The largest absolute Gasteiger partial charge is 0.512 e. The second-order valence-corrected chi connectivity index (χ2v) is 13.9. The highest BCUT2D eigenvalue weighted by atomic mass is 16.5. The summed E-state index contributed by atoms with van der Waals surface area (Å²) in [4.78, 5) is 24.9. The lowest BCUT2D eigenvalue weighted by Gasteiger charge is -2.57. The van der Waals surface area contributed by atoms with Crippen LogP contribution in [0, 0.1) is 35.0 Å². The highest BCUT2D eigenvalue weighted by molar-refractivity contribution is 5.90. The maximum atomic E-state index is 13.2. The molecule has 0 aromatic heterocycles. The summed E-state index contributed by atoms with van der Waals surface area (Å²) in [5.41, 5.74) is 3.51. The first-order valence-electron chi connectivity index (χ1n) is 15.8. The molecule has 0 aliphatic heterocycles. The molecule has 0 amide bonds. The van der Waals surface area contributed by atoms with Crippen LogP contribution in [0.15, 0.2) is 65.9 Å². The third kappa shape index (κ3) is 6.01. The molecule has 0 spiro atoms. The van der Waals surface area contributed by atoms with Crippen molar-refractivity contribution < 1.29 is 29.6 Å². The molecule has 6 nitrogen and oxygen atoms in total. The molecule has 0 unspecified atom stereocenters. The topological polar surface area (TPSA) is 104 Å². The molecule has 0 saturated heterocycles. The van der Waals surface area contributed by atoms with Crippen LogP contribution in [0.4, 0.5) is 0 Å². The van der Waals surface area contributed by atoms with Crippen LogP contribution in [0.3, 0.4) is 0 Å². The van der Waals surface area contributed by atoms with Crippen molar-refractivity contribution in [1.82, 2.24) is 0 Å². The summed E-state index contributed by atoms with van der Waals surface area (Å²) < 4.78 is 5.94. The van der Waals surface area contributed by atoms with E-state index in [2.05, 4.69) is 0 Å². The van der Waals surface area contributed by atoms with Crippen molar-refractivity contribution in [2.75, 3.05) is 0 Å². The Morgan fingerprint density at radius 1 is 0.857 bits per heavy atom. The van der Waals surface area contributed by atoms with Gasteiger partial charge in [0.05, 0.1) is 23.8 Å². The SMILES string of the molecule is CC(=C(O)CCCC12CC3CC(CC(C3)C1)C2)[C@@H]1[C@@H](CC(=O)O)[C@@H](O)C[C@H]1OC(=O)c1ccc(-c2ccccc2)cc1. The van der Waals surface area contributed by atoms with Crippen LogP contribution in [0.1, 0.15) is 87.9 Å². The molecule has 5 aliphatic carbocycles. The van der Waals surface area contributed by atoms with E-state index >= 15 is 0 Å². The Hall–Kier alpha value is -3.12. The van der Waals surface area contributed by atoms with E-state index < -0.39 is 36.0 Å². The van der Waals surface area contributed by atoms with Crippen LogP contribution in [-0.4, -0.2) is 39.5 Å². The molecule has 5 saturated carbocycles. The molecule has 5 fully saturated rings. The number of benzene rings is 2. The quantitative estimate of drug-likeness (QED) is 0.200. The molecule has 0 heterocycles. The summed E-state index contributed by atoms with van der Waals surface area (Å²) in [6.45, 7) is 1.81. The smallest absolute Gasteiger partial charge is 0.338 e. The van der Waals surface area contributed by atoms with Gasteiger partial charge in [0, 0.05) is 24.7 Å². The molecule has 42 heavy (non-hydrogen) atoms. The van der Waals surface area contributed by atoms with Crippen LogP contribution in [0.25, 0.3) is 11.1 Å². The van der Waals surface area contributed by atoms with Crippen molar-refractivity contribution in [2.45, 2.75) is 89.8 Å². The van der Waals surface area contributed by atoms with E-state index in [1.807, 2.05) is 49.4 Å². The molecular weight excluding hydrogens is 528 g/mol. The number of hydrogen-bond acceptors (Lipinski definition) is 5. The Labute approximate surface area is 248 Å². The minimum Gasteiger partial charge on any atom is -0.512 e. The van der Waals surface area contributed by atoms with Gasteiger partial charge >= 0.3 is 11.9 Å². The number of carbonyl (C=O) groups excluding carboxylic acids is 1.